The fourth-order valence-electron chi connectivity index (χ4n) is 4.55. The maximum atomic E-state index is 12.7. The number of aromatic nitrogens is 2. The first kappa shape index (κ1) is 20.3. The molecule has 2 amide bonds. The third-order valence-corrected chi connectivity index (χ3v) is 5.98. The Kier molecular flexibility index (Phi) is 5.70. The minimum absolute atomic E-state index is 0.0242. The zero-order valence-electron chi connectivity index (χ0n) is 17.5. The van der Waals surface area contributed by atoms with Crippen molar-refractivity contribution in [2.75, 3.05) is 13.1 Å². The number of rotatable bonds is 4. The van der Waals surface area contributed by atoms with Gasteiger partial charge >= 0.3 is 0 Å². The maximum absolute atomic E-state index is 12.7. The Balaban J connectivity index is 1.48. The number of fused-ring (bicyclic) bond motifs is 1. The highest BCUT2D eigenvalue weighted by molar-refractivity contribution is 5.93. The summed E-state index contributed by atoms with van der Waals surface area (Å²) in [4.78, 5) is 27.1. The summed E-state index contributed by atoms with van der Waals surface area (Å²) in [6.07, 6.45) is 5.76. The molecule has 1 saturated heterocycles. The van der Waals surface area contributed by atoms with Gasteiger partial charge in [-0.05, 0) is 38.0 Å². The van der Waals surface area contributed by atoms with E-state index >= 15 is 0 Å². The zero-order valence-corrected chi connectivity index (χ0v) is 17.5. The Labute approximate surface area is 176 Å². The molecule has 0 aliphatic carbocycles. The van der Waals surface area contributed by atoms with Gasteiger partial charge in [0.05, 0.1) is 18.0 Å². The number of para-hydroxylation sites is 1. The highest BCUT2D eigenvalue weighted by Crippen LogP contribution is 2.46. The number of benzene rings is 1. The average molecular weight is 409 g/mol. The summed E-state index contributed by atoms with van der Waals surface area (Å²) in [7, 11) is 0. The van der Waals surface area contributed by atoms with E-state index < -0.39 is 0 Å². The fraction of sp³-hybridized carbons (Fsp3) is 0.478. The minimum atomic E-state index is -0.343. The lowest BCUT2D eigenvalue weighted by atomic mass is 9.76. The second-order valence-corrected chi connectivity index (χ2v) is 8.57. The van der Waals surface area contributed by atoms with E-state index in [2.05, 4.69) is 21.6 Å². The summed E-state index contributed by atoms with van der Waals surface area (Å²) < 4.78 is 6.50. The van der Waals surface area contributed by atoms with E-state index in [1.54, 1.807) is 6.07 Å². The number of piperidine rings is 1. The van der Waals surface area contributed by atoms with Crippen LogP contribution in [0.2, 0.25) is 0 Å². The molecular weight excluding hydrogens is 380 g/mol. The molecule has 0 saturated carbocycles. The topological polar surface area (TPSA) is 84.4 Å². The molecule has 30 heavy (non-hydrogen) atoms. The number of carbonyl (C=O) groups is 2. The first-order chi connectivity index (χ1) is 14.5. The molecule has 158 valence electrons. The SMILES string of the molecule is CC(C)NC(=O)C[C@H]1CC2(CCN(C(=O)c3ccnnc3)CC2)Oc2ccccc21. The Morgan fingerprint density at radius 2 is 1.97 bits per heavy atom. The number of ether oxygens (including phenoxy) is 1. The van der Waals surface area contributed by atoms with Crippen molar-refractivity contribution < 1.29 is 14.3 Å². The fourth-order valence-corrected chi connectivity index (χ4v) is 4.55. The standard InChI is InChI=1S/C23H28N4O3/c1-16(2)26-21(28)13-18-14-23(30-20-6-4-3-5-19(18)20)8-11-27(12-9-23)22(29)17-7-10-24-25-15-17/h3-7,10,15-16,18H,8-9,11-14H2,1-2H3,(H,26,28)/t18-/m0/s1. The van der Waals surface area contributed by atoms with Crippen LogP contribution in [0.5, 0.6) is 5.75 Å². The Morgan fingerprint density at radius 3 is 2.67 bits per heavy atom. The molecule has 1 aromatic heterocycles. The number of hydrogen-bond donors (Lipinski definition) is 1. The van der Waals surface area contributed by atoms with Crippen LogP contribution in [0, 0.1) is 0 Å². The van der Waals surface area contributed by atoms with Gasteiger partial charge in [0.1, 0.15) is 11.4 Å². The molecule has 1 N–H and O–H groups in total. The largest absolute Gasteiger partial charge is 0.487 e. The van der Waals surface area contributed by atoms with Crippen LogP contribution in [-0.4, -0.2) is 51.6 Å². The molecule has 0 bridgehead atoms. The lowest BCUT2D eigenvalue weighted by Crippen LogP contribution is -2.52. The Morgan fingerprint density at radius 1 is 1.20 bits per heavy atom. The highest BCUT2D eigenvalue weighted by atomic mass is 16.5. The second-order valence-electron chi connectivity index (χ2n) is 8.57. The van der Waals surface area contributed by atoms with E-state index in [4.69, 9.17) is 4.74 Å². The highest BCUT2D eigenvalue weighted by Gasteiger charge is 2.44. The molecule has 1 aromatic carbocycles. The van der Waals surface area contributed by atoms with Crippen molar-refractivity contribution >= 4 is 11.8 Å². The van der Waals surface area contributed by atoms with E-state index in [1.807, 2.05) is 36.9 Å². The van der Waals surface area contributed by atoms with Crippen molar-refractivity contribution in [3.05, 3.63) is 53.9 Å². The predicted molar refractivity (Wildman–Crippen MR) is 112 cm³/mol. The smallest absolute Gasteiger partial charge is 0.255 e. The van der Waals surface area contributed by atoms with Crippen molar-refractivity contribution in [1.82, 2.24) is 20.4 Å². The van der Waals surface area contributed by atoms with E-state index in [0.29, 0.717) is 25.1 Å². The van der Waals surface area contributed by atoms with Gasteiger partial charge in [-0.2, -0.15) is 10.2 Å². The van der Waals surface area contributed by atoms with Gasteiger partial charge in [-0.15, -0.1) is 0 Å². The number of amides is 2. The summed E-state index contributed by atoms with van der Waals surface area (Å²) in [6.45, 7) is 5.19. The van der Waals surface area contributed by atoms with E-state index in [1.165, 1.54) is 12.4 Å². The third kappa shape index (κ3) is 4.30. The molecule has 0 radical (unpaired) electrons. The molecule has 2 aromatic rings. The number of likely N-dealkylation sites (tertiary alicyclic amines) is 1. The monoisotopic (exact) mass is 408 g/mol. The van der Waals surface area contributed by atoms with E-state index in [-0.39, 0.29) is 29.4 Å². The van der Waals surface area contributed by atoms with Gasteiger partial charge in [-0.3, -0.25) is 9.59 Å². The number of carbonyl (C=O) groups excluding carboxylic acids is 2. The average Bonchev–Trinajstić information content (AvgIpc) is 2.74. The van der Waals surface area contributed by atoms with Gasteiger partial charge in [-0.1, -0.05) is 18.2 Å². The predicted octanol–water partition coefficient (Wildman–Crippen LogP) is 2.93. The molecule has 1 atom stereocenters. The van der Waals surface area contributed by atoms with Crippen LogP contribution < -0.4 is 10.1 Å². The zero-order chi connectivity index (χ0) is 21.1. The van der Waals surface area contributed by atoms with Crippen LogP contribution in [0.3, 0.4) is 0 Å². The summed E-state index contributed by atoms with van der Waals surface area (Å²) in [6, 6.07) is 9.83. The van der Waals surface area contributed by atoms with Gasteiger partial charge in [0.2, 0.25) is 5.91 Å². The normalized spacial score (nSPS) is 19.8. The summed E-state index contributed by atoms with van der Waals surface area (Å²) in [5, 5.41) is 10.6. The van der Waals surface area contributed by atoms with Gasteiger partial charge in [0.15, 0.2) is 0 Å². The number of nitrogens with zero attached hydrogens (tertiary/aromatic N) is 3. The van der Waals surface area contributed by atoms with E-state index in [0.717, 1.165) is 30.6 Å². The molecule has 2 aliphatic rings. The third-order valence-electron chi connectivity index (χ3n) is 5.98. The Hall–Kier alpha value is -2.96. The molecule has 3 heterocycles. The van der Waals surface area contributed by atoms with Crippen LogP contribution in [-0.2, 0) is 4.79 Å². The second kappa shape index (κ2) is 8.42. The van der Waals surface area contributed by atoms with Crippen LogP contribution in [0.1, 0.15) is 61.4 Å². The molecule has 0 unspecified atom stereocenters. The number of nitrogens with one attached hydrogen (secondary N) is 1. The summed E-state index contributed by atoms with van der Waals surface area (Å²) >= 11 is 0. The van der Waals surface area contributed by atoms with Gasteiger partial charge in [-0.25, -0.2) is 0 Å². The molecule has 7 nitrogen and oxygen atoms in total. The quantitative estimate of drug-likeness (QED) is 0.841. The van der Waals surface area contributed by atoms with Crippen molar-refractivity contribution in [3.63, 3.8) is 0 Å². The van der Waals surface area contributed by atoms with Crippen LogP contribution in [0.4, 0.5) is 0 Å². The van der Waals surface area contributed by atoms with Crippen molar-refractivity contribution in [2.24, 2.45) is 0 Å². The van der Waals surface area contributed by atoms with Gasteiger partial charge < -0.3 is 15.0 Å². The number of hydrogen-bond acceptors (Lipinski definition) is 5. The van der Waals surface area contributed by atoms with Crippen molar-refractivity contribution in [1.29, 1.82) is 0 Å². The van der Waals surface area contributed by atoms with Gasteiger partial charge in [0.25, 0.3) is 5.91 Å². The minimum Gasteiger partial charge on any atom is -0.487 e. The van der Waals surface area contributed by atoms with Gasteiger partial charge in [0, 0.05) is 44.3 Å². The summed E-state index contributed by atoms with van der Waals surface area (Å²) in [5.74, 6) is 1.02. The lowest BCUT2D eigenvalue weighted by Gasteiger charge is -2.47. The van der Waals surface area contributed by atoms with Crippen molar-refractivity contribution in [3.8, 4) is 5.75 Å². The maximum Gasteiger partial charge on any atom is 0.255 e. The van der Waals surface area contributed by atoms with Crippen LogP contribution in [0.25, 0.3) is 0 Å². The molecule has 1 fully saturated rings. The first-order valence-corrected chi connectivity index (χ1v) is 10.6. The molecule has 2 aliphatic heterocycles. The molecule has 4 rings (SSSR count). The molecular formula is C23H28N4O3. The molecule has 1 spiro atoms. The van der Waals surface area contributed by atoms with Crippen LogP contribution >= 0.6 is 0 Å². The summed E-state index contributed by atoms with van der Waals surface area (Å²) in [5.41, 5.74) is 1.31. The first-order valence-electron chi connectivity index (χ1n) is 10.6. The van der Waals surface area contributed by atoms with Crippen molar-refractivity contribution in [2.45, 2.75) is 57.1 Å². The lowest BCUT2D eigenvalue weighted by molar-refractivity contribution is -0.122. The van der Waals surface area contributed by atoms with E-state index in [9.17, 15) is 9.59 Å². The Bertz CT molecular complexity index is 908. The van der Waals surface area contributed by atoms with Crippen LogP contribution in [0.15, 0.2) is 42.7 Å². The molecule has 7 heteroatoms.